The van der Waals surface area contributed by atoms with Crippen molar-refractivity contribution in [2.45, 2.75) is 40.0 Å². The fourth-order valence-electron chi connectivity index (χ4n) is 3.05. The first-order valence-electron chi connectivity index (χ1n) is 8.92. The van der Waals surface area contributed by atoms with Gasteiger partial charge < -0.3 is 10.6 Å². The second-order valence-corrected chi connectivity index (χ2v) is 6.72. The number of nitrogens with one attached hydrogen (secondary N) is 2. The van der Waals surface area contributed by atoms with Crippen molar-refractivity contribution in [3.05, 3.63) is 52.3 Å². The van der Waals surface area contributed by atoms with Gasteiger partial charge in [-0.05, 0) is 44.2 Å². The lowest BCUT2D eigenvalue weighted by atomic mass is 9.99. The number of benzene rings is 1. The van der Waals surface area contributed by atoms with E-state index in [0.29, 0.717) is 5.92 Å². The second kappa shape index (κ2) is 10.5. The van der Waals surface area contributed by atoms with Crippen LogP contribution in [0.2, 0.25) is 0 Å². The van der Waals surface area contributed by atoms with E-state index in [-0.39, 0.29) is 24.0 Å². The molecule has 1 aromatic heterocycles. The van der Waals surface area contributed by atoms with Crippen molar-refractivity contribution >= 4 is 29.9 Å². The predicted octanol–water partition coefficient (Wildman–Crippen LogP) is 3.47. The summed E-state index contributed by atoms with van der Waals surface area (Å²) in [7, 11) is 3.81. The number of guanidine groups is 1. The number of aromatic nitrogens is 2. The SMILES string of the molecule is CN=C(NCCc1c(C)nn(C)c1C)NCC(C)c1cccc(C)c1.I. The van der Waals surface area contributed by atoms with Crippen LogP contribution in [0.3, 0.4) is 0 Å². The van der Waals surface area contributed by atoms with Crippen molar-refractivity contribution < 1.29 is 0 Å². The molecule has 1 unspecified atom stereocenters. The third-order valence-electron chi connectivity index (χ3n) is 4.74. The molecule has 6 heteroatoms. The first-order valence-corrected chi connectivity index (χ1v) is 8.92. The van der Waals surface area contributed by atoms with Gasteiger partial charge in [-0.15, -0.1) is 24.0 Å². The zero-order valence-corrected chi connectivity index (χ0v) is 19.1. The van der Waals surface area contributed by atoms with Crippen LogP contribution in [0.15, 0.2) is 29.3 Å². The molecule has 0 fully saturated rings. The topological polar surface area (TPSA) is 54.2 Å². The molecule has 1 atom stereocenters. The lowest BCUT2D eigenvalue weighted by Crippen LogP contribution is -2.40. The lowest BCUT2D eigenvalue weighted by Gasteiger charge is -2.17. The summed E-state index contributed by atoms with van der Waals surface area (Å²) in [5, 5.41) is 11.3. The largest absolute Gasteiger partial charge is 0.356 e. The van der Waals surface area contributed by atoms with Crippen molar-refractivity contribution in [1.29, 1.82) is 0 Å². The highest BCUT2D eigenvalue weighted by atomic mass is 127. The van der Waals surface area contributed by atoms with Gasteiger partial charge in [0.1, 0.15) is 0 Å². The van der Waals surface area contributed by atoms with Gasteiger partial charge in [0.05, 0.1) is 5.69 Å². The average molecular weight is 469 g/mol. The van der Waals surface area contributed by atoms with E-state index in [2.05, 4.69) is 72.7 Å². The minimum absolute atomic E-state index is 0. The van der Waals surface area contributed by atoms with E-state index in [1.165, 1.54) is 22.4 Å². The molecule has 0 radical (unpaired) electrons. The van der Waals surface area contributed by atoms with Crippen LogP contribution in [-0.4, -0.2) is 35.9 Å². The quantitative estimate of drug-likeness (QED) is 0.387. The monoisotopic (exact) mass is 469 g/mol. The van der Waals surface area contributed by atoms with Gasteiger partial charge in [-0.1, -0.05) is 36.8 Å². The van der Waals surface area contributed by atoms with Crippen LogP contribution in [-0.2, 0) is 13.5 Å². The van der Waals surface area contributed by atoms with Gasteiger partial charge in [-0.3, -0.25) is 9.67 Å². The van der Waals surface area contributed by atoms with E-state index in [0.717, 1.165) is 31.2 Å². The summed E-state index contributed by atoms with van der Waals surface area (Å²) < 4.78 is 1.95. The van der Waals surface area contributed by atoms with E-state index >= 15 is 0 Å². The molecule has 0 saturated carbocycles. The minimum Gasteiger partial charge on any atom is -0.356 e. The smallest absolute Gasteiger partial charge is 0.191 e. The molecule has 144 valence electrons. The highest BCUT2D eigenvalue weighted by Gasteiger charge is 2.10. The Morgan fingerprint density at radius 2 is 1.96 bits per heavy atom. The standard InChI is InChI=1S/C20H31N5.HI/c1-14-8-7-9-18(12-14)15(2)13-23-20(21-5)22-11-10-19-16(3)24-25(6)17(19)4;/h7-9,12,15H,10-11,13H2,1-6H3,(H2,21,22,23);1H. The number of rotatable bonds is 6. The molecule has 0 saturated heterocycles. The molecule has 1 aromatic carbocycles. The van der Waals surface area contributed by atoms with Gasteiger partial charge in [0.2, 0.25) is 0 Å². The summed E-state index contributed by atoms with van der Waals surface area (Å²) in [4.78, 5) is 4.33. The number of aryl methyl sites for hydroxylation is 3. The number of aliphatic imine (C=N–C) groups is 1. The minimum atomic E-state index is 0. The summed E-state index contributed by atoms with van der Waals surface area (Å²) in [5.41, 5.74) is 6.31. The fourth-order valence-corrected chi connectivity index (χ4v) is 3.05. The molecule has 5 nitrogen and oxygen atoms in total. The zero-order valence-electron chi connectivity index (χ0n) is 16.8. The summed E-state index contributed by atoms with van der Waals surface area (Å²) >= 11 is 0. The number of hydrogen-bond donors (Lipinski definition) is 2. The first kappa shape index (κ1) is 22.5. The van der Waals surface area contributed by atoms with Crippen LogP contribution in [0, 0.1) is 20.8 Å². The van der Waals surface area contributed by atoms with Gasteiger partial charge in [-0.25, -0.2) is 0 Å². The van der Waals surface area contributed by atoms with Crippen LogP contribution in [0.4, 0.5) is 0 Å². The molecular formula is C20H32IN5. The third kappa shape index (κ3) is 6.00. The molecule has 0 aliphatic rings. The van der Waals surface area contributed by atoms with E-state index in [1.807, 2.05) is 18.8 Å². The molecule has 1 heterocycles. The average Bonchev–Trinajstić information content (AvgIpc) is 2.83. The number of halogens is 1. The Bertz CT molecular complexity index is 736. The van der Waals surface area contributed by atoms with E-state index in [4.69, 9.17) is 0 Å². The number of hydrogen-bond acceptors (Lipinski definition) is 2. The van der Waals surface area contributed by atoms with Crippen molar-refractivity contribution in [2.75, 3.05) is 20.1 Å². The van der Waals surface area contributed by atoms with E-state index in [9.17, 15) is 0 Å². The maximum absolute atomic E-state index is 4.47. The molecule has 0 bridgehead atoms. The lowest BCUT2D eigenvalue weighted by molar-refractivity contribution is 0.696. The molecule has 0 aliphatic carbocycles. The van der Waals surface area contributed by atoms with Gasteiger partial charge in [0.25, 0.3) is 0 Å². The highest BCUT2D eigenvalue weighted by Crippen LogP contribution is 2.15. The first-order chi connectivity index (χ1) is 11.9. The van der Waals surface area contributed by atoms with Crippen molar-refractivity contribution in [1.82, 2.24) is 20.4 Å². The highest BCUT2D eigenvalue weighted by molar-refractivity contribution is 14.0. The van der Waals surface area contributed by atoms with Gasteiger partial charge in [-0.2, -0.15) is 5.10 Å². The van der Waals surface area contributed by atoms with Crippen LogP contribution in [0.1, 0.15) is 40.9 Å². The van der Waals surface area contributed by atoms with E-state index in [1.54, 1.807) is 0 Å². The molecule has 0 aliphatic heterocycles. The normalized spacial score (nSPS) is 12.5. The Hall–Kier alpha value is -1.57. The molecule has 26 heavy (non-hydrogen) atoms. The third-order valence-corrected chi connectivity index (χ3v) is 4.74. The van der Waals surface area contributed by atoms with Crippen LogP contribution in [0.5, 0.6) is 0 Å². The summed E-state index contributed by atoms with van der Waals surface area (Å²) in [5.74, 6) is 1.28. The van der Waals surface area contributed by atoms with E-state index < -0.39 is 0 Å². The Morgan fingerprint density at radius 3 is 2.54 bits per heavy atom. The van der Waals surface area contributed by atoms with Gasteiger partial charge in [0, 0.05) is 32.9 Å². The maximum Gasteiger partial charge on any atom is 0.191 e. The van der Waals surface area contributed by atoms with Crippen molar-refractivity contribution in [3.8, 4) is 0 Å². The Balaban J connectivity index is 0.00000338. The second-order valence-electron chi connectivity index (χ2n) is 6.72. The molecule has 0 spiro atoms. The summed E-state index contributed by atoms with van der Waals surface area (Å²) in [6.45, 7) is 10.2. The molecule has 2 aromatic rings. The fraction of sp³-hybridized carbons (Fsp3) is 0.500. The summed E-state index contributed by atoms with van der Waals surface area (Å²) in [6, 6.07) is 8.68. The molecule has 2 N–H and O–H groups in total. The van der Waals surface area contributed by atoms with Gasteiger partial charge >= 0.3 is 0 Å². The molecular weight excluding hydrogens is 437 g/mol. The predicted molar refractivity (Wildman–Crippen MR) is 121 cm³/mol. The molecule has 2 rings (SSSR count). The maximum atomic E-state index is 4.47. The summed E-state index contributed by atoms with van der Waals surface area (Å²) in [6.07, 6.45) is 0.944. The Kier molecular flexibility index (Phi) is 9.12. The van der Waals surface area contributed by atoms with Gasteiger partial charge in [0.15, 0.2) is 5.96 Å². The van der Waals surface area contributed by atoms with Crippen LogP contribution in [0.25, 0.3) is 0 Å². The Labute approximate surface area is 174 Å². The van der Waals surface area contributed by atoms with Crippen molar-refractivity contribution in [2.24, 2.45) is 12.0 Å². The van der Waals surface area contributed by atoms with Crippen molar-refractivity contribution in [3.63, 3.8) is 0 Å². The number of nitrogens with zero attached hydrogens (tertiary/aromatic N) is 3. The Morgan fingerprint density at radius 1 is 1.23 bits per heavy atom. The van der Waals surface area contributed by atoms with Crippen LogP contribution < -0.4 is 10.6 Å². The zero-order chi connectivity index (χ0) is 18.4. The molecule has 0 amide bonds. The van der Waals surface area contributed by atoms with Crippen LogP contribution >= 0.6 is 24.0 Å².